The molecule has 2 aromatic carbocycles. The minimum atomic E-state index is -0.204. The summed E-state index contributed by atoms with van der Waals surface area (Å²) in [6.07, 6.45) is 3.57. The predicted molar refractivity (Wildman–Crippen MR) is 130 cm³/mol. The largest absolute Gasteiger partial charge is 0.497 e. The van der Waals surface area contributed by atoms with Crippen molar-refractivity contribution in [2.75, 3.05) is 41.5 Å². The predicted octanol–water partition coefficient (Wildman–Crippen LogP) is 3.47. The van der Waals surface area contributed by atoms with Gasteiger partial charge in [0.25, 0.3) is 5.91 Å². The van der Waals surface area contributed by atoms with E-state index in [1.807, 2.05) is 0 Å². The normalized spacial score (nSPS) is 10.4. The molecule has 184 valence electrons. The number of ether oxygens (including phenoxy) is 4. The summed E-state index contributed by atoms with van der Waals surface area (Å²) in [5.41, 5.74) is 0.901. The Kier molecular flexibility index (Phi) is 9.00. The SMILES string of the molecule is COc1ccc(C(=O)Cc2ncc(C(=O)N(C)CCCOc3ccc(OC)c(OC)c3)cn2)cc1. The van der Waals surface area contributed by atoms with Gasteiger partial charge >= 0.3 is 0 Å². The van der Waals surface area contributed by atoms with Crippen molar-refractivity contribution >= 4 is 11.7 Å². The smallest absolute Gasteiger partial charge is 0.256 e. The first-order valence-electron chi connectivity index (χ1n) is 11.0. The average molecular weight is 480 g/mol. The maximum Gasteiger partial charge on any atom is 0.256 e. The van der Waals surface area contributed by atoms with Crippen LogP contribution in [-0.2, 0) is 6.42 Å². The van der Waals surface area contributed by atoms with Gasteiger partial charge in [0.1, 0.15) is 17.3 Å². The molecular formula is C26H29N3O6. The lowest BCUT2D eigenvalue weighted by molar-refractivity contribution is 0.0787. The summed E-state index contributed by atoms with van der Waals surface area (Å²) in [4.78, 5) is 35.1. The van der Waals surface area contributed by atoms with Gasteiger partial charge in [0.05, 0.1) is 39.9 Å². The van der Waals surface area contributed by atoms with E-state index in [1.165, 1.54) is 12.4 Å². The van der Waals surface area contributed by atoms with Crippen molar-refractivity contribution in [1.29, 1.82) is 0 Å². The summed E-state index contributed by atoms with van der Waals surface area (Å²) >= 11 is 0. The number of carbonyl (C=O) groups is 2. The second kappa shape index (κ2) is 12.4. The number of hydrogen-bond donors (Lipinski definition) is 0. The Balaban J connectivity index is 1.46. The number of hydrogen-bond acceptors (Lipinski definition) is 8. The highest BCUT2D eigenvalue weighted by atomic mass is 16.5. The van der Waals surface area contributed by atoms with E-state index in [2.05, 4.69) is 9.97 Å². The van der Waals surface area contributed by atoms with Crippen LogP contribution >= 0.6 is 0 Å². The Labute approximate surface area is 204 Å². The molecule has 0 aliphatic heterocycles. The van der Waals surface area contributed by atoms with Gasteiger partial charge in [0.2, 0.25) is 0 Å². The van der Waals surface area contributed by atoms with Gasteiger partial charge in [-0.05, 0) is 42.8 Å². The molecule has 35 heavy (non-hydrogen) atoms. The fourth-order valence-corrected chi connectivity index (χ4v) is 3.30. The van der Waals surface area contributed by atoms with Crippen molar-refractivity contribution in [2.45, 2.75) is 12.8 Å². The number of benzene rings is 2. The molecule has 1 amide bonds. The average Bonchev–Trinajstić information content (AvgIpc) is 2.90. The van der Waals surface area contributed by atoms with Gasteiger partial charge in [-0.1, -0.05) is 0 Å². The summed E-state index contributed by atoms with van der Waals surface area (Å²) in [6, 6.07) is 12.2. The van der Waals surface area contributed by atoms with Gasteiger partial charge in [-0.15, -0.1) is 0 Å². The zero-order valence-corrected chi connectivity index (χ0v) is 20.3. The number of Topliss-reactive ketones (excluding diaryl/α,β-unsaturated/α-hetero) is 1. The molecule has 0 radical (unpaired) electrons. The molecule has 0 aliphatic rings. The lowest BCUT2D eigenvalue weighted by Crippen LogP contribution is -2.29. The van der Waals surface area contributed by atoms with Crippen molar-refractivity contribution in [2.24, 2.45) is 0 Å². The van der Waals surface area contributed by atoms with Gasteiger partial charge in [-0.2, -0.15) is 0 Å². The van der Waals surface area contributed by atoms with E-state index in [0.29, 0.717) is 59.5 Å². The van der Waals surface area contributed by atoms with Crippen LogP contribution in [0.3, 0.4) is 0 Å². The van der Waals surface area contributed by atoms with E-state index in [4.69, 9.17) is 18.9 Å². The van der Waals surface area contributed by atoms with E-state index in [-0.39, 0.29) is 18.1 Å². The van der Waals surface area contributed by atoms with Crippen LogP contribution in [0.15, 0.2) is 54.9 Å². The van der Waals surface area contributed by atoms with Crippen LogP contribution in [-0.4, -0.2) is 68.1 Å². The van der Waals surface area contributed by atoms with Gasteiger partial charge in [0, 0.05) is 37.6 Å². The van der Waals surface area contributed by atoms with Crippen molar-refractivity contribution in [3.05, 3.63) is 71.8 Å². The zero-order valence-electron chi connectivity index (χ0n) is 20.3. The number of nitrogens with zero attached hydrogens (tertiary/aromatic N) is 3. The molecule has 0 aliphatic carbocycles. The standard InChI is InChI=1S/C26H29N3O6/c1-29(12-5-13-35-21-10-11-23(33-3)24(14-21)34-4)26(31)19-16-27-25(28-17-19)15-22(30)18-6-8-20(32-2)9-7-18/h6-11,14,16-17H,5,12-13,15H2,1-4H3. The third kappa shape index (κ3) is 6.92. The first-order chi connectivity index (χ1) is 16.9. The molecule has 3 aromatic rings. The van der Waals surface area contributed by atoms with Crippen LogP contribution < -0.4 is 18.9 Å². The number of aromatic nitrogens is 2. The highest BCUT2D eigenvalue weighted by Gasteiger charge is 2.15. The Morgan fingerprint density at radius 1 is 0.829 bits per heavy atom. The molecule has 0 unspecified atom stereocenters. The summed E-state index contributed by atoms with van der Waals surface area (Å²) in [6.45, 7) is 0.917. The van der Waals surface area contributed by atoms with Crippen LogP contribution in [0, 0.1) is 0 Å². The van der Waals surface area contributed by atoms with Crippen molar-refractivity contribution in [3.8, 4) is 23.0 Å². The molecule has 1 aromatic heterocycles. The molecule has 9 nitrogen and oxygen atoms in total. The molecule has 9 heteroatoms. The Bertz CT molecular complexity index is 1130. The quantitative estimate of drug-likeness (QED) is 0.288. The van der Waals surface area contributed by atoms with E-state index >= 15 is 0 Å². The van der Waals surface area contributed by atoms with Gasteiger partial charge < -0.3 is 23.8 Å². The maximum atomic E-state index is 12.7. The van der Waals surface area contributed by atoms with Crippen molar-refractivity contribution in [3.63, 3.8) is 0 Å². The van der Waals surface area contributed by atoms with E-state index in [1.54, 1.807) is 75.7 Å². The molecule has 0 atom stereocenters. The first kappa shape index (κ1) is 25.5. The van der Waals surface area contributed by atoms with Crippen LogP contribution in [0.25, 0.3) is 0 Å². The van der Waals surface area contributed by atoms with Gasteiger partial charge in [-0.3, -0.25) is 9.59 Å². The summed E-state index contributed by atoms with van der Waals surface area (Å²) in [5.74, 6) is 2.59. The molecular weight excluding hydrogens is 450 g/mol. The molecule has 0 saturated carbocycles. The van der Waals surface area contributed by atoms with Gasteiger partial charge in [0.15, 0.2) is 17.3 Å². The van der Waals surface area contributed by atoms with Crippen LogP contribution in [0.1, 0.15) is 33.0 Å². The first-order valence-corrected chi connectivity index (χ1v) is 11.0. The summed E-state index contributed by atoms with van der Waals surface area (Å²) in [5, 5.41) is 0. The number of amides is 1. The number of methoxy groups -OCH3 is 3. The minimum Gasteiger partial charge on any atom is -0.497 e. The molecule has 0 saturated heterocycles. The number of rotatable bonds is 12. The fraction of sp³-hybridized carbons (Fsp3) is 0.308. The van der Waals surface area contributed by atoms with Crippen LogP contribution in [0.5, 0.6) is 23.0 Å². The Morgan fingerprint density at radius 3 is 2.11 bits per heavy atom. The van der Waals surface area contributed by atoms with Gasteiger partial charge in [-0.25, -0.2) is 9.97 Å². The monoisotopic (exact) mass is 479 g/mol. The van der Waals surface area contributed by atoms with Crippen molar-refractivity contribution < 1.29 is 28.5 Å². The second-order valence-electron chi connectivity index (χ2n) is 7.66. The third-order valence-electron chi connectivity index (χ3n) is 5.29. The summed E-state index contributed by atoms with van der Waals surface area (Å²) < 4.78 is 21.3. The van der Waals surface area contributed by atoms with E-state index in [9.17, 15) is 9.59 Å². The van der Waals surface area contributed by atoms with Crippen LogP contribution in [0.4, 0.5) is 0 Å². The van der Waals surface area contributed by atoms with Crippen molar-refractivity contribution in [1.82, 2.24) is 14.9 Å². The molecule has 0 fully saturated rings. The topological polar surface area (TPSA) is 100 Å². The minimum absolute atomic E-state index is 0.0458. The second-order valence-corrected chi connectivity index (χ2v) is 7.66. The zero-order chi connectivity index (χ0) is 25.2. The highest BCUT2D eigenvalue weighted by molar-refractivity contribution is 5.97. The molecule has 3 rings (SSSR count). The third-order valence-corrected chi connectivity index (χ3v) is 5.29. The molecule has 1 heterocycles. The lowest BCUT2D eigenvalue weighted by Gasteiger charge is -2.17. The summed E-state index contributed by atoms with van der Waals surface area (Å²) in [7, 11) is 6.42. The maximum absolute atomic E-state index is 12.7. The molecule has 0 spiro atoms. The highest BCUT2D eigenvalue weighted by Crippen LogP contribution is 2.30. The van der Waals surface area contributed by atoms with E-state index in [0.717, 1.165) is 0 Å². The Hall–Kier alpha value is -4.14. The fourth-order valence-electron chi connectivity index (χ4n) is 3.30. The Morgan fingerprint density at radius 2 is 1.49 bits per heavy atom. The lowest BCUT2D eigenvalue weighted by atomic mass is 10.1. The molecule has 0 N–H and O–H groups in total. The van der Waals surface area contributed by atoms with Crippen LogP contribution in [0.2, 0.25) is 0 Å². The number of carbonyl (C=O) groups excluding carboxylic acids is 2. The number of ketones is 1. The molecule has 0 bridgehead atoms. The van der Waals surface area contributed by atoms with E-state index < -0.39 is 0 Å².